The van der Waals surface area contributed by atoms with Crippen LogP contribution in [0.2, 0.25) is 0 Å². The molecule has 3 aliphatic rings. The maximum Gasteiger partial charge on any atom is 0.343 e. The summed E-state index contributed by atoms with van der Waals surface area (Å²) in [5, 5.41) is 10.1. The first-order chi connectivity index (χ1) is 13.1. The molecule has 0 spiro atoms. The number of methoxy groups -OCH3 is 1. The third-order valence-corrected chi connectivity index (χ3v) is 5.57. The molecule has 3 heterocycles. The average Bonchev–Trinajstić information content (AvgIpc) is 3.25. The number of cyclic esters (lactones) is 1. The number of likely N-dealkylation sites (N-methyl/N-ethyl adjacent to an activating group) is 1. The van der Waals surface area contributed by atoms with E-state index >= 15 is 0 Å². The van der Waals surface area contributed by atoms with Gasteiger partial charge in [-0.05, 0) is 42.8 Å². The van der Waals surface area contributed by atoms with Crippen LogP contribution in [-0.4, -0.2) is 43.5 Å². The Bertz CT molecular complexity index is 956. The highest BCUT2D eigenvalue weighted by atomic mass is 16.7. The van der Waals surface area contributed by atoms with Crippen LogP contribution >= 0.6 is 0 Å². The number of hydrogen-bond donors (Lipinski definition) is 1. The second-order valence-corrected chi connectivity index (χ2v) is 6.99. The van der Waals surface area contributed by atoms with Crippen LogP contribution in [0, 0.1) is 0 Å². The van der Waals surface area contributed by atoms with E-state index in [0.717, 1.165) is 29.7 Å². The Morgan fingerprint density at radius 3 is 2.89 bits per heavy atom. The zero-order valence-electron chi connectivity index (χ0n) is 15.0. The molecule has 3 aliphatic heterocycles. The SMILES string of the molecule is COc1cc2c(cc1O)CCN(C)[C@@H]2[C@H]1OC(=O)c2c1ccc1c2OCO1. The molecule has 0 amide bonds. The van der Waals surface area contributed by atoms with E-state index in [1.165, 1.54) is 7.11 Å². The summed E-state index contributed by atoms with van der Waals surface area (Å²) in [5.74, 6) is 1.15. The molecule has 0 saturated carbocycles. The Morgan fingerprint density at radius 2 is 2.07 bits per heavy atom. The Balaban J connectivity index is 1.64. The van der Waals surface area contributed by atoms with Gasteiger partial charge in [-0.3, -0.25) is 4.90 Å². The van der Waals surface area contributed by atoms with Gasteiger partial charge in [-0.2, -0.15) is 0 Å². The quantitative estimate of drug-likeness (QED) is 0.815. The van der Waals surface area contributed by atoms with E-state index in [1.54, 1.807) is 6.07 Å². The topological polar surface area (TPSA) is 77.5 Å². The van der Waals surface area contributed by atoms with Gasteiger partial charge in [-0.15, -0.1) is 0 Å². The lowest BCUT2D eigenvalue weighted by Gasteiger charge is -2.37. The van der Waals surface area contributed by atoms with Crippen LogP contribution in [0.15, 0.2) is 24.3 Å². The Hall–Kier alpha value is -2.93. The molecule has 0 radical (unpaired) electrons. The molecule has 0 aliphatic carbocycles. The molecule has 140 valence electrons. The second kappa shape index (κ2) is 5.79. The van der Waals surface area contributed by atoms with Crippen LogP contribution in [0.25, 0.3) is 0 Å². The Morgan fingerprint density at radius 1 is 1.22 bits per heavy atom. The number of ether oxygens (including phenoxy) is 4. The van der Waals surface area contributed by atoms with Crippen LogP contribution in [-0.2, 0) is 11.2 Å². The minimum atomic E-state index is -0.472. The maximum atomic E-state index is 12.6. The van der Waals surface area contributed by atoms with Gasteiger partial charge in [0.05, 0.1) is 13.2 Å². The van der Waals surface area contributed by atoms with Gasteiger partial charge in [0.1, 0.15) is 11.7 Å². The van der Waals surface area contributed by atoms with Gasteiger partial charge in [0.15, 0.2) is 23.0 Å². The third-order valence-electron chi connectivity index (χ3n) is 5.57. The van der Waals surface area contributed by atoms with Gasteiger partial charge in [0.25, 0.3) is 0 Å². The molecule has 2 aromatic rings. The van der Waals surface area contributed by atoms with Crippen LogP contribution in [0.5, 0.6) is 23.0 Å². The minimum absolute atomic E-state index is 0.104. The smallest absolute Gasteiger partial charge is 0.343 e. The van der Waals surface area contributed by atoms with Crippen molar-refractivity contribution in [3.8, 4) is 23.0 Å². The largest absolute Gasteiger partial charge is 0.504 e. The fourth-order valence-corrected chi connectivity index (χ4v) is 4.26. The van der Waals surface area contributed by atoms with Crippen molar-refractivity contribution >= 4 is 5.97 Å². The fraction of sp³-hybridized carbons (Fsp3) is 0.350. The number of hydrogen-bond acceptors (Lipinski definition) is 7. The summed E-state index contributed by atoms with van der Waals surface area (Å²) in [6.07, 6.45) is 0.328. The van der Waals surface area contributed by atoms with E-state index in [1.807, 2.05) is 25.2 Å². The summed E-state index contributed by atoms with van der Waals surface area (Å²) in [6.45, 7) is 0.893. The molecule has 2 atom stereocenters. The molecule has 0 fully saturated rings. The number of fused-ring (bicyclic) bond motifs is 4. The van der Waals surface area contributed by atoms with Crippen molar-refractivity contribution in [3.05, 3.63) is 46.5 Å². The van der Waals surface area contributed by atoms with Gasteiger partial charge in [-0.1, -0.05) is 6.07 Å². The van der Waals surface area contributed by atoms with Crippen molar-refractivity contribution in [1.29, 1.82) is 0 Å². The number of carbonyl (C=O) groups is 1. The van der Waals surface area contributed by atoms with E-state index in [4.69, 9.17) is 18.9 Å². The van der Waals surface area contributed by atoms with Crippen LogP contribution in [0.1, 0.15) is 39.2 Å². The highest BCUT2D eigenvalue weighted by molar-refractivity contribution is 5.98. The lowest BCUT2D eigenvalue weighted by molar-refractivity contribution is 0.00928. The summed E-state index contributed by atoms with van der Waals surface area (Å²) in [5.41, 5.74) is 3.26. The number of aromatic hydroxyl groups is 1. The van der Waals surface area contributed by atoms with Gasteiger partial charge in [0, 0.05) is 12.1 Å². The zero-order valence-corrected chi connectivity index (χ0v) is 15.0. The van der Waals surface area contributed by atoms with Crippen LogP contribution in [0.3, 0.4) is 0 Å². The average molecular weight is 369 g/mol. The number of benzene rings is 2. The van der Waals surface area contributed by atoms with Crippen molar-refractivity contribution in [2.24, 2.45) is 0 Å². The van der Waals surface area contributed by atoms with Crippen LogP contribution in [0.4, 0.5) is 0 Å². The lowest BCUT2D eigenvalue weighted by atomic mass is 9.86. The van der Waals surface area contributed by atoms with E-state index in [0.29, 0.717) is 22.8 Å². The molecule has 7 nitrogen and oxygen atoms in total. The summed E-state index contributed by atoms with van der Waals surface area (Å²) in [4.78, 5) is 14.8. The predicted molar refractivity (Wildman–Crippen MR) is 94.5 cm³/mol. The van der Waals surface area contributed by atoms with Crippen molar-refractivity contribution < 1.29 is 28.8 Å². The van der Waals surface area contributed by atoms with Crippen molar-refractivity contribution in [2.75, 3.05) is 27.5 Å². The number of phenols is 1. The van der Waals surface area contributed by atoms with Crippen molar-refractivity contribution in [2.45, 2.75) is 18.6 Å². The summed E-state index contributed by atoms with van der Waals surface area (Å²) in [7, 11) is 3.53. The van der Waals surface area contributed by atoms with Crippen LogP contribution < -0.4 is 14.2 Å². The van der Waals surface area contributed by atoms with E-state index in [-0.39, 0.29) is 18.6 Å². The van der Waals surface area contributed by atoms with Gasteiger partial charge in [-0.25, -0.2) is 4.79 Å². The lowest BCUT2D eigenvalue weighted by Crippen LogP contribution is -2.36. The molecule has 5 rings (SSSR count). The molecule has 1 N–H and O–H groups in total. The Kier molecular flexibility index (Phi) is 3.48. The third kappa shape index (κ3) is 2.28. The highest BCUT2D eigenvalue weighted by Crippen LogP contribution is 2.51. The second-order valence-electron chi connectivity index (χ2n) is 6.99. The number of rotatable bonds is 2. The normalized spacial score (nSPS) is 23.0. The zero-order chi connectivity index (χ0) is 18.7. The molecule has 27 heavy (non-hydrogen) atoms. The first-order valence-corrected chi connectivity index (χ1v) is 8.82. The molecular formula is C20H19NO6. The van der Waals surface area contributed by atoms with E-state index < -0.39 is 12.1 Å². The maximum absolute atomic E-state index is 12.6. The molecule has 0 saturated heterocycles. The minimum Gasteiger partial charge on any atom is -0.504 e. The van der Waals surface area contributed by atoms with Crippen molar-refractivity contribution in [1.82, 2.24) is 4.90 Å². The van der Waals surface area contributed by atoms with Gasteiger partial charge in [0.2, 0.25) is 6.79 Å². The summed E-state index contributed by atoms with van der Waals surface area (Å²) >= 11 is 0. The molecule has 7 heteroatoms. The monoisotopic (exact) mass is 369 g/mol. The number of esters is 1. The number of phenolic OH excluding ortho intramolecular Hbond substituents is 1. The first-order valence-electron chi connectivity index (χ1n) is 8.82. The molecule has 0 aromatic heterocycles. The predicted octanol–water partition coefficient (Wildman–Crippen LogP) is 2.57. The highest BCUT2D eigenvalue weighted by Gasteiger charge is 2.44. The fourth-order valence-electron chi connectivity index (χ4n) is 4.26. The van der Waals surface area contributed by atoms with Gasteiger partial charge < -0.3 is 24.1 Å². The molecule has 0 unspecified atom stereocenters. The van der Waals surface area contributed by atoms with E-state index in [9.17, 15) is 9.90 Å². The molecular weight excluding hydrogens is 350 g/mol. The van der Waals surface area contributed by atoms with Crippen molar-refractivity contribution in [3.63, 3.8) is 0 Å². The van der Waals surface area contributed by atoms with Gasteiger partial charge >= 0.3 is 5.97 Å². The molecule has 0 bridgehead atoms. The number of nitrogens with zero attached hydrogens (tertiary/aromatic N) is 1. The number of carbonyl (C=O) groups excluding carboxylic acids is 1. The standard InChI is InChI=1S/C20H19NO6/c1-21-6-5-10-7-13(22)15(24-2)8-12(10)17(21)18-11-3-4-14-19(26-9-25-14)16(11)20(23)27-18/h3-4,7-8,17-18,22H,5-6,9H2,1-2H3/t17-,18-/m0/s1. The van der Waals surface area contributed by atoms with E-state index in [2.05, 4.69) is 4.90 Å². The summed E-state index contributed by atoms with van der Waals surface area (Å²) < 4.78 is 22.0. The first kappa shape index (κ1) is 16.3. The summed E-state index contributed by atoms with van der Waals surface area (Å²) in [6, 6.07) is 7.08. The Labute approximate surface area is 156 Å². The molecule has 2 aromatic carbocycles.